The first kappa shape index (κ1) is 31.1. The second-order valence-corrected chi connectivity index (χ2v) is 15.6. The fraction of sp³-hybridized carbons (Fsp3) is 0. The molecule has 0 saturated carbocycles. The highest BCUT2D eigenvalue weighted by Gasteiger charge is 2.19. The number of furan rings is 4. The van der Waals surface area contributed by atoms with Crippen molar-refractivity contribution in [3.05, 3.63) is 176 Å². The summed E-state index contributed by atoms with van der Waals surface area (Å²) in [6.07, 6.45) is 0. The molecule has 5 nitrogen and oxygen atoms in total. The highest BCUT2D eigenvalue weighted by Crippen LogP contribution is 2.42. The van der Waals surface area contributed by atoms with Gasteiger partial charge in [0.05, 0.1) is 11.0 Å². The SMILES string of the molecule is c1ccc(-n2c3ccc(-c4ccc5oc6cc7oc8ccccc8c7cc6c5c4)cc3c3cc(-c4ccc5oc6cc7oc8ccccc8c7cc6c5c4)ccc32)cc1. The normalized spacial score (nSPS) is 12.4. The van der Waals surface area contributed by atoms with Gasteiger partial charge in [-0.3, -0.25) is 0 Å². The average molecular weight is 756 g/mol. The summed E-state index contributed by atoms with van der Waals surface area (Å²) >= 11 is 0. The molecule has 0 saturated heterocycles. The van der Waals surface area contributed by atoms with Crippen molar-refractivity contribution in [1.29, 1.82) is 0 Å². The van der Waals surface area contributed by atoms with E-state index in [1.807, 2.05) is 36.4 Å². The topological polar surface area (TPSA) is 57.5 Å². The summed E-state index contributed by atoms with van der Waals surface area (Å²) in [6, 6.07) is 62.3. The van der Waals surface area contributed by atoms with Gasteiger partial charge >= 0.3 is 0 Å². The van der Waals surface area contributed by atoms with Gasteiger partial charge in [-0.2, -0.15) is 0 Å². The second kappa shape index (κ2) is 11.3. The third-order valence-corrected chi connectivity index (χ3v) is 12.4. The van der Waals surface area contributed by atoms with Crippen molar-refractivity contribution in [2.45, 2.75) is 0 Å². The largest absolute Gasteiger partial charge is 0.456 e. The van der Waals surface area contributed by atoms with Gasteiger partial charge in [-0.25, -0.2) is 0 Å². The van der Waals surface area contributed by atoms with Gasteiger partial charge in [0.2, 0.25) is 0 Å². The standard InChI is InChI=1S/C54H29NO4/c1-2-8-34(9-3-1)55-45-18-14-30(32-16-20-49-39(24-32)43-26-41-35-10-4-6-12-47(35)56-51(41)28-53(43)58-49)22-37(45)38-23-31(15-19-46(38)55)33-17-21-50-40(25-33)44-27-42-36-11-5-7-13-48(36)57-52(42)29-54(44)59-50/h1-29H. The first-order valence-electron chi connectivity index (χ1n) is 19.9. The number of nitrogens with zero attached hydrogens (tertiary/aromatic N) is 1. The molecule has 0 bridgehead atoms. The molecule has 5 heteroatoms. The predicted molar refractivity (Wildman–Crippen MR) is 241 cm³/mol. The second-order valence-electron chi connectivity index (χ2n) is 15.6. The molecule has 0 N–H and O–H groups in total. The van der Waals surface area contributed by atoms with Crippen LogP contribution in [0, 0.1) is 0 Å². The molecule has 5 heterocycles. The Morgan fingerprint density at radius 1 is 0.237 bits per heavy atom. The zero-order valence-corrected chi connectivity index (χ0v) is 31.3. The van der Waals surface area contributed by atoms with E-state index in [1.165, 1.54) is 10.8 Å². The molecule has 9 aromatic carbocycles. The summed E-state index contributed by atoms with van der Waals surface area (Å²) < 4.78 is 27.5. The smallest absolute Gasteiger partial charge is 0.139 e. The van der Waals surface area contributed by atoms with Crippen LogP contribution in [-0.2, 0) is 0 Å². The van der Waals surface area contributed by atoms with Gasteiger partial charge in [-0.05, 0) is 107 Å². The van der Waals surface area contributed by atoms with Crippen molar-refractivity contribution in [2.24, 2.45) is 0 Å². The summed E-state index contributed by atoms with van der Waals surface area (Å²) in [6.45, 7) is 0. The van der Waals surface area contributed by atoms with Gasteiger partial charge < -0.3 is 22.2 Å². The number of hydrogen-bond donors (Lipinski definition) is 0. The number of fused-ring (bicyclic) bond motifs is 15. The van der Waals surface area contributed by atoms with E-state index in [2.05, 4.69) is 144 Å². The Kier molecular flexibility index (Phi) is 5.96. The van der Waals surface area contributed by atoms with E-state index in [1.54, 1.807) is 0 Å². The lowest BCUT2D eigenvalue weighted by Crippen LogP contribution is -1.93. The lowest BCUT2D eigenvalue weighted by molar-refractivity contribution is 0.655. The van der Waals surface area contributed by atoms with Crippen LogP contribution >= 0.6 is 0 Å². The predicted octanol–water partition coefficient (Wildman–Crippen LogP) is 15.7. The Labute approximate surface area is 334 Å². The van der Waals surface area contributed by atoms with E-state index in [9.17, 15) is 0 Å². The van der Waals surface area contributed by atoms with Crippen molar-refractivity contribution in [2.75, 3.05) is 0 Å². The Bertz CT molecular complexity index is 3830. The summed E-state index contributed by atoms with van der Waals surface area (Å²) in [7, 11) is 0. The van der Waals surface area contributed by atoms with Crippen LogP contribution in [-0.4, -0.2) is 4.57 Å². The lowest BCUT2D eigenvalue weighted by atomic mass is 9.98. The summed E-state index contributed by atoms with van der Waals surface area (Å²) in [5.41, 5.74) is 14.8. The third-order valence-electron chi connectivity index (χ3n) is 12.4. The number of rotatable bonds is 3. The van der Waals surface area contributed by atoms with Crippen molar-refractivity contribution < 1.29 is 17.7 Å². The maximum absolute atomic E-state index is 6.39. The molecule has 0 aliphatic heterocycles. The van der Waals surface area contributed by atoms with Gasteiger partial charge in [-0.15, -0.1) is 0 Å². The van der Waals surface area contributed by atoms with Crippen LogP contribution in [0.2, 0.25) is 0 Å². The Morgan fingerprint density at radius 3 is 1.07 bits per heavy atom. The molecule has 0 unspecified atom stereocenters. The molecule has 0 aliphatic rings. The van der Waals surface area contributed by atoms with E-state index in [0.29, 0.717) is 0 Å². The van der Waals surface area contributed by atoms with Gasteiger partial charge in [0.1, 0.15) is 44.7 Å². The highest BCUT2D eigenvalue weighted by atomic mass is 16.3. The summed E-state index contributed by atoms with van der Waals surface area (Å²) in [5, 5.41) is 11.1. The van der Waals surface area contributed by atoms with Crippen LogP contribution in [0.1, 0.15) is 0 Å². The first-order chi connectivity index (χ1) is 29.2. The van der Waals surface area contributed by atoms with E-state index >= 15 is 0 Å². The number of hydrogen-bond acceptors (Lipinski definition) is 4. The molecule has 0 atom stereocenters. The summed E-state index contributed by atoms with van der Waals surface area (Å²) in [5.74, 6) is 0. The van der Waals surface area contributed by atoms with Crippen molar-refractivity contribution >= 4 is 110 Å². The molecule has 0 aliphatic carbocycles. The van der Waals surface area contributed by atoms with E-state index in [-0.39, 0.29) is 0 Å². The van der Waals surface area contributed by atoms with Crippen LogP contribution in [0.3, 0.4) is 0 Å². The molecule has 274 valence electrons. The quantitative estimate of drug-likeness (QED) is 0.180. The van der Waals surface area contributed by atoms with E-state index in [0.717, 1.165) is 127 Å². The molecular formula is C54H29NO4. The monoisotopic (exact) mass is 755 g/mol. The minimum Gasteiger partial charge on any atom is -0.456 e. The Morgan fingerprint density at radius 2 is 0.593 bits per heavy atom. The molecule has 0 spiro atoms. The molecule has 0 radical (unpaired) electrons. The lowest BCUT2D eigenvalue weighted by Gasteiger charge is -2.08. The van der Waals surface area contributed by atoms with Gasteiger partial charge in [-0.1, -0.05) is 78.9 Å². The van der Waals surface area contributed by atoms with Crippen LogP contribution < -0.4 is 0 Å². The molecule has 59 heavy (non-hydrogen) atoms. The molecular weight excluding hydrogens is 727 g/mol. The number of aromatic nitrogens is 1. The Hall–Kier alpha value is -8.02. The fourth-order valence-corrected chi connectivity index (χ4v) is 9.59. The fourth-order valence-electron chi connectivity index (χ4n) is 9.59. The molecule has 5 aromatic heterocycles. The van der Waals surface area contributed by atoms with Crippen LogP contribution in [0.4, 0.5) is 0 Å². The minimum absolute atomic E-state index is 0.822. The van der Waals surface area contributed by atoms with Crippen LogP contribution in [0.25, 0.3) is 138 Å². The van der Waals surface area contributed by atoms with Crippen molar-refractivity contribution in [1.82, 2.24) is 4.57 Å². The molecule has 14 aromatic rings. The highest BCUT2D eigenvalue weighted by molar-refractivity contribution is 6.18. The van der Waals surface area contributed by atoms with Crippen LogP contribution in [0.5, 0.6) is 0 Å². The summed E-state index contributed by atoms with van der Waals surface area (Å²) in [4.78, 5) is 0. The average Bonchev–Trinajstić information content (AvgIpc) is 4.09. The molecule has 0 amide bonds. The third kappa shape index (κ3) is 4.39. The van der Waals surface area contributed by atoms with E-state index < -0.39 is 0 Å². The van der Waals surface area contributed by atoms with Gasteiger partial charge in [0.15, 0.2) is 0 Å². The Balaban J connectivity index is 0.948. The minimum atomic E-state index is 0.822. The van der Waals surface area contributed by atoms with Crippen LogP contribution in [0.15, 0.2) is 194 Å². The first-order valence-corrected chi connectivity index (χ1v) is 19.9. The van der Waals surface area contributed by atoms with Crippen molar-refractivity contribution in [3.8, 4) is 27.9 Å². The van der Waals surface area contributed by atoms with Crippen molar-refractivity contribution in [3.63, 3.8) is 0 Å². The van der Waals surface area contributed by atoms with Gasteiger partial charge in [0.25, 0.3) is 0 Å². The maximum Gasteiger partial charge on any atom is 0.139 e. The maximum atomic E-state index is 6.39. The van der Waals surface area contributed by atoms with E-state index in [4.69, 9.17) is 17.7 Å². The molecule has 0 fully saturated rings. The number of benzene rings is 9. The van der Waals surface area contributed by atoms with Gasteiger partial charge in [0, 0.05) is 71.7 Å². The number of para-hydroxylation sites is 3. The zero-order chi connectivity index (χ0) is 38.3. The zero-order valence-electron chi connectivity index (χ0n) is 31.3. The molecule has 14 rings (SSSR count).